The summed E-state index contributed by atoms with van der Waals surface area (Å²) in [7, 11) is 0. The Bertz CT molecular complexity index is 926. The first-order valence-corrected chi connectivity index (χ1v) is 8.30. The SMILES string of the molecule is O=C(CCCc1nc(-c2ccccc2)no1)NNc1ccccc1[N+](=O)[O-]. The lowest BCUT2D eigenvalue weighted by atomic mass is 10.2. The number of benzene rings is 2. The molecule has 3 rings (SSSR count). The number of rotatable bonds is 8. The van der Waals surface area contributed by atoms with Gasteiger partial charge in [-0.3, -0.25) is 25.8 Å². The van der Waals surface area contributed by atoms with Gasteiger partial charge in [-0.15, -0.1) is 0 Å². The summed E-state index contributed by atoms with van der Waals surface area (Å²) in [5.74, 6) is 0.664. The number of carbonyl (C=O) groups excluding carboxylic acids is 1. The number of para-hydroxylation sites is 2. The highest BCUT2D eigenvalue weighted by molar-refractivity contribution is 5.78. The number of hydrazine groups is 1. The van der Waals surface area contributed by atoms with E-state index in [1.807, 2.05) is 30.3 Å². The zero-order valence-corrected chi connectivity index (χ0v) is 14.3. The van der Waals surface area contributed by atoms with E-state index in [9.17, 15) is 14.9 Å². The predicted octanol–water partition coefficient (Wildman–Crippen LogP) is 3.11. The Balaban J connectivity index is 1.45. The molecule has 1 heterocycles. The number of nitro groups is 1. The lowest BCUT2D eigenvalue weighted by molar-refractivity contribution is -0.384. The number of nitro benzene ring substituents is 1. The molecule has 27 heavy (non-hydrogen) atoms. The van der Waals surface area contributed by atoms with Crippen molar-refractivity contribution in [3.63, 3.8) is 0 Å². The standard InChI is InChI=1S/C18H17N5O4/c24-16(21-20-14-9-4-5-10-15(14)23(25)26)11-6-12-17-19-18(22-27-17)13-7-2-1-3-8-13/h1-5,7-10,20H,6,11-12H2,(H,21,24). The van der Waals surface area contributed by atoms with Crippen LogP contribution in [-0.4, -0.2) is 21.0 Å². The number of carbonyl (C=O) groups is 1. The number of nitrogens with zero attached hydrogens (tertiary/aromatic N) is 3. The van der Waals surface area contributed by atoms with E-state index in [1.165, 1.54) is 12.1 Å². The van der Waals surface area contributed by atoms with E-state index in [4.69, 9.17) is 4.52 Å². The second kappa shape index (κ2) is 8.56. The molecule has 2 aromatic carbocycles. The van der Waals surface area contributed by atoms with Crippen LogP contribution in [0.3, 0.4) is 0 Å². The normalized spacial score (nSPS) is 10.4. The van der Waals surface area contributed by atoms with Crippen molar-refractivity contribution in [2.45, 2.75) is 19.3 Å². The third kappa shape index (κ3) is 4.88. The average molecular weight is 367 g/mol. The molecular weight excluding hydrogens is 350 g/mol. The van der Waals surface area contributed by atoms with Gasteiger partial charge in [0.1, 0.15) is 5.69 Å². The van der Waals surface area contributed by atoms with Gasteiger partial charge in [-0.2, -0.15) is 4.98 Å². The number of anilines is 1. The fourth-order valence-corrected chi connectivity index (χ4v) is 2.40. The lowest BCUT2D eigenvalue weighted by Crippen LogP contribution is -2.29. The second-order valence-electron chi connectivity index (χ2n) is 5.68. The number of hydrogen-bond donors (Lipinski definition) is 2. The molecule has 2 N–H and O–H groups in total. The molecule has 0 spiro atoms. The quantitative estimate of drug-likeness (QED) is 0.463. The maximum atomic E-state index is 11.9. The van der Waals surface area contributed by atoms with Crippen molar-refractivity contribution in [2.75, 3.05) is 5.43 Å². The highest BCUT2D eigenvalue weighted by Crippen LogP contribution is 2.22. The molecule has 0 aliphatic rings. The summed E-state index contributed by atoms with van der Waals surface area (Å²) in [6.07, 6.45) is 1.16. The first kappa shape index (κ1) is 18.1. The molecule has 9 heteroatoms. The lowest BCUT2D eigenvalue weighted by Gasteiger charge is -2.08. The van der Waals surface area contributed by atoms with Crippen molar-refractivity contribution in [3.8, 4) is 11.4 Å². The van der Waals surface area contributed by atoms with Gasteiger partial charge in [0.25, 0.3) is 5.69 Å². The fourth-order valence-electron chi connectivity index (χ4n) is 2.40. The van der Waals surface area contributed by atoms with Crippen molar-refractivity contribution in [1.82, 2.24) is 15.6 Å². The van der Waals surface area contributed by atoms with Gasteiger partial charge >= 0.3 is 0 Å². The van der Waals surface area contributed by atoms with E-state index >= 15 is 0 Å². The van der Waals surface area contributed by atoms with Gasteiger partial charge in [0, 0.05) is 24.5 Å². The number of nitrogens with one attached hydrogen (secondary N) is 2. The van der Waals surface area contributed by atoms with Crippen LogP contribution < -0.4 is 10.9 Å². The molecule has 0 bridgehead atoms. The van der Waals surface area contributed by atoms with E-state index < -0.39 is 4.92 Å². The minimum atomic E-state index is -0.519. The fraction of sp³-hybridized carbons (Fsp3) is 0.167. The predicted molar refractivity (Wildman–Crippen MR) is 97.5 cm³/mol. The summed E-state index contributed by atoms with van der Waals surface area (Å²) < 4.78 is 5.19. The molecule has 9 nitrogen and oxygen atoms in total. The van der Waals surface area contributed by atoms with Crippen LogP contribution >= 0.6 is 0 Å². The van der Waals surface area contributed by atoms with E-state index in [2.05, 4.69) is 21.0 Å². The molecule has 1 amide bonds. The molecular formula is C18H17N5O4. The van der Waals surface area contributed by atoms with Crippen molar-refractivity contribution < 1.29 is 14.2 Å². The first-order chi connectivity index (χ1) is 13.1. The Labute approximate surface area is 154 Å². The van der Waals surface area contributed by atoms with Crippen LogP contribution in [0.15, 0.2) is 59.1 Å². The van der Waals surface area contributed by atoms with Gasteiger partial charge in [-0.05, 0) is 12.5 Å². The highest BCUT2D eigenvalue weighted by Gasteiger charge is 2.13. The van der Waals surface area contributed by atoms with Crippen molar-refractivity contribution in [1.29, 1.82) is 0 Å². The Morgan fingerprint density at radius 3 is 2.63 bits per heavy atom. The van der Waals surface area contributed by atoms with E-state index in [0.29, 0.717) is 24.6 Å². The number of aromatic nitrogens is 2. The molecule has 0 atom stereocenters. The van der Waals surface area contributed by atoms with Gasteiger partial charge in [-0.25, -0.2) is 0 Å². The van der Waals surface area contributed by atoms with E-state index in [0.717, 1.165) is 5.56 Å². The van der Waals surface area contributed by atoms with Crippen LogP contribution in [0.4, 0.5) is 11.4 Å². The average Bonchev–Trinajstić information content (AvgIpc) is 3.16. The number of aryl methyl sites for hydroxylation is 1. The van der Waals surface area contributed by atoms with Gasteiger partial charge < -0.3 is 4.52 Å². The Morgan fingerprint density at radius 2 is 1.85 bits per heavy atom. The van der Waals surface area contributed by atoms with E-state index in [1.54, 1.807) is 12.1 Å². The largest absolute Gasteiger partial charge is 0.339 e. The van der Waals surface area contributed by atoms with Crippen LogP contribution in [0.5, 0.6) is 0 Å². The van der Waals surface area contributed by atoms with Gasteiger partial charge in [0.2, 0.25) is 17.6 Å². The van der Waals surface area contributed by atoms with Gasteiger partial charge in [-0.1, -0.05) is 47.6 Å². The minimum absolute atomic E-state index is 0.114. The summed E-state index contributed by atoms with van der Waals surface area (Å²) in [5.41, 5.74) is 6.00. The molecule has 0 radical (unpaired) electrons. The molecule has 1 aromatic heterocycles. The highest BCUT2D eigenvalue weighted by atomic mass is 16.6. The van der Waals surface area contributed by atoms with Crippen LogP contribution in [0, 0.1) is 10.1 Å². The van der Waals surface area contributed by atoms with Crippen molar-refractivity contribution >= 4 is 17.3 Å². The number of amides is 1. The van der Waals surface area contributed by atoms with Crippen LogP contribution in [0.1, 0.15) is 18.7 Å². The first-order valence-electron chi connectivity index (χ1n) is 8.30. The Kier molecular flexibility index (Phi) is 5.73. The van der Waals surface area contributed by atoms with Crippen LogP contribution in [-0.2, 0) is 11.2 Å². The molecule has 0 saturated heterocycles. The monoisotopic (exact) mass is 367 g/mol. The Morgan fingerprint density at radius 1 is 1.11 bits per heavy atom. The van der Waals surface area contributed by atoms with Crippen molar-refractivity contribution in [2.24, 2.45) is 0 Å². The molecule has 138 valence electrons. The molecule has 0 unspecified atom stereocenters. The topological polar surface area (TPSA) is 123 Å². The second-order valence-corrected chi connectivity index (χ2v) is 5.68. The zero-order valence-electron chi connectivity index (χ0n) is 14.3. The molecule has 0 saturated carbocycles. The van der Waals surface area contributed by atoms with Crippen LogP contribution in [0.25, 0.3) is 11.4 Å². The van der Waals surface area contributed by atoms with Crippen LogP contribution in [0.2, 0.25) is 0 Å². The van der Waals surface area contributed by atoms with Gasteiger partial charge in [0.05, 0.1) is 4.92 Å². The molecule has 3 aromatic rings. The summed E-state index contributed by atoms with van der Waals surface area (Å²) in [6, 6.07) is 15.5. The molecule has 0 aliphatic heterocycles. The minimum Gasteiger partial charge on any atom is -0.339 e. The molecule has 0 aliphatic carbocycles. The maximum absolute atomic E-state index is 11.9. The zero-order chi connectivity index (χ0) is 19.1. The van der Waals surface area contributed by atoms with Crippen molar-refractivity contribution in [3.05, 3.63) is 70.6 Å². The summed E-state index contributed by atoms with van der Waals surface area (Å²) in [4.78, 5) is 26.6. The Hall–Kier alpha value is -3.75. The summed E-state index contributed by atoms with van der Waals surface area (Å²) in [6.45, 7) is 0. The summed E-state index contributed by atoms with van der Waals surface area (Å²) in [5, 5.41) is 14.9. The van der Waals surface area contributed by atoms with E-state index in [-0.39, 0.29) is 23.7 Å². The maximum Gasteiger partial charge on any atom is 0.294 e. The van der Waals surface area contributed by atoms with Gasteiger partial charge in [0.15, 0.2) is 0 Å². The third-order valence-corrected chi connectivity index (χ3v) is 3.73. The smallest absolute Gasteiger partial charge is 0.294 e. The number of hydrogen-bond acceptors (Lipinski definition) is 7. The molecule has 0 fully saturated rings. The third-order valence-electron chi connectivity index (χ3n) is 3.73. The summed E-state index contributed by atoms with van der Waals surface area (Å²) >= 11 is 0.